The van der Waals surface area contributed by atoms with Gasteiger partial charge in [-0.1, -0.05) is 53.7 Å². The Balaban J connectivity index is 0.0000176. The standard InChI is InChI=1S/C32H56N4O6.ClH/c1-20(2)23(19-35-29(38)24-13-9-10-14-28(24)42-16-12-11-15-41-8)17-26(33)27(37)18-25(21(3)4)30(39)36-32(7,22(5)6)31(34)40;/h9-10,13-14,20-23,25-27,37H,11-12,15-19,33H2,1-8H3,(H2,34,40)(H,35,38)(H,36,39);1H. The van der Waals surface area contributed by atoms with Crippen LogP contribution >= 0.6 is 12.4 Å². The molecule has 10 nitrogen and oxygen atoms in total. The average molecular weight is 629 g/mol. The van der Waals surface area contributed by atoms with Crippen molar-refractivity contribution >= 4 is 30.1 Å². The summed E-state index contributed by atoms with van der Waals surface area (Å²) in [6, 6.07) is 6.54. The molecule has 0 aromatic heterocycles. The lowest BCUT2D eigenvalue weighted by atomic mass is 9.81. The number of carbonyl (C=O) groups excluding carboxylic acids is 3. The summed E-state index contributed by atoms with van der Waals surface area (Å²) in [7, 11) is 1.66. The largest absolute Gasteiger partial charge is 0.493 e. The number of hydrogen-bond donors (Lipinski definition) is 5. The normalized spacial score (nSPS) is 15.7. The highest BCUT2D eigenvalue weighted by Gasteiger charge is 2.39. The first kappa shape index (κ1) is 40.6. The number of methoxy groups -OCH3 is 1. The molecule has 0 aliphatic rings. The fourth-order valence-corrected chi connectivity index (χ4v) is 4.68. The molecule has 11 heteroatoms. The third-order valence-corrected chi connectivity index (χ3v) is 8.36. The van der Waals surface area contributed by atoms with Gasteiger partial charge in [-0.05, 0) is 68.4 Å². The summed E-state index contributed by atoms with van der Waals surface area (Å²) in [6.07, 6.45) is 1.34. The molecule has 1 aromatic rings. The second kappa shape index (κ2) is 19.8. The van der Waals surface area contributed by atoms with Crippen molar-refractivity contribution in [1.29, 1.82) is 0 Å². The van der Waals surface area contributed by atoms with Crippen molar-refractivity contribution in [3.05, 3.63) is 29.8 Å². The van der Waals surface area contributed by atoms with Gasteiger partial charge in [0.2, 0.25) is 11.8 Å². The van der Waals surface area contributed by atoms with Crippen LogP contribution in [-0.2, 0) is 14.3 Å². The number of para-hydroxylation sites is 1. The summed E-state index contributed by atoms with van der Waals surface area (Å²) in [5.74, 6) is -1.34. The Morgan fingerprint density at radius 3 is 2.12 bits per heavy atom. The summed E-state index contributed by atoms with van der Waals surface area (Å²) in [4.78, 5) is 38.4. The molecule has 0 fully saturated rings. The topological polar surface area (TPSA) is 166 Å². The van der Waals surface area contributed by atoms with Crippen LogP contribution in [0.4, 0.5) is 0 Å². The lowest BCUT2D eigenvalue weighted by Gasteiger charge is -2.35. The number of benzene rings is 1. The number of amides is 3. The molecule has 43 heavy (non-hydrogen) atoms. The molecule has 0 bridgehead atoms. The number of rotatable bonds is 20. The molecule has 0 aliphatic heterocycles. The number of halogens is 1. The zero-order valence-corrected chi connectivity index (χ0v) is 28.2. The van der Waals surface area contributed by atoms with E-state index in [-0.39, 0.29) is 54.3 Å². The minimum absolute atomic E-state index is 0. The number of nitrogens with one attached hydrogen (secondary N) is 2. The highest BCUT2D eigenvalue weighted by molar-refractivity contribution is 5.96. The molecule has 248 valence electrons. The van der Waals surface area contributed by atoms with Crippen LogP contribution in [0, 0.1) is 29.6 Å². The van der Waals surface area contributed by atoms with E-state index >= 15 is 0 Å². The lowest BCUT2D eigenvalue weighted by Crippen LogP contribution is -2.60. The van der Waals surface area contributed by atoms with Crippen molar-refractivity contribution in [2.75, 3.05) is 26.9 Å². The molecule has 0 aliphatic carbocycles. The van der Waals surface area contributed by atoms with Crippen LogP contribution in [0.25, 0.3) is 0 Å². The minimum atomic E-state index is -1.20. The van der Waals surface area contributed by atoms with E-state index in [4.69, 9.17) is 20.9 Å². The Labute approximate surface area is 264 Å². The predicted molar refractivity (Wildman–Crippen MR) is 173 cm³/mol. The molecular weight excluding hydrogens is 572 g/mol. The Kier molecular flexibility index (Phi) is 18.7. The molecule has 0 radical (unpaired) electrons. The van der Waals surface area contributed by atoms with Crippen LogP contribution < -0.4 is 26.8 Å². The SMILES string of the molecule is COCCCCOc1ccccc1C(=O)NCC(CC(N)C(O)CC(C(=O)NC(C)(C(N)=O)C(C)C)C(C)C)C(C)C.Cl. The van der Waals surface area contributed by atoms with Crippen molar-refractivity contribution in [3.63, 3.8) is 0 Å². The molecule has 0 saturated heterocycles. The molecule has 5 unspecified atom stereocenters. The summed E-state index contributed by atoms with van der Waals surface area (Å²) in [5, 5.41) is 16.9. The van der Waals surface area contributed by atoms with Gasteiger partial charge in [-0.3, -0.25) is 14.4 Å². The molecule has 1 rings (SSSR count). The van der Waals surface area contributed by atoms with E-state index in [0.29, 0.717) is 37.5 Å². The fraction of sp³-hybridized carbons (Fsp3) is 0.719. The number of aliphatic hydroxyl groups excluding tert-OH is 1. The van der Waals surface area contributed by atoms with E-state index in [0.717, 1.165) is 12.8 Å². The van der Waals surface area contributed by atoms with Gasteiger partial charge in [0.1, 0.15) is 11.3 Å². The zero-order chi connectivity index (χ0) is 32.0. The number of hydrogen-bond acceptors (Lipinski definition) is 7. The van der Waals surface area contributed by atoms with Gasteiger partial charge in [0.05, 0.1) is 18.3 Å². The van der Waals surface area contributed by atoms with Gasteiger partial charge >= 0.3 is 0 Å². The van der Waals surface area contributed by atoms with Gasteiger partial charge in [0.25, 0.3) is 5.91 Å². The van der Waals surface area contributed by atoms with Crippen LogP contribution in [0.5, 0.6) is 5.75 Å². The van der Waals surface area contributed by atoms with Crippen molar-refractivity contribution in [2.45, 2.75) is 91.8 Å². The lowest BCUT2D eigenvalue weighted by molar-refractivity contribution is -0.136. The monoisotopic (exact) mass is 628 g/mol. The van der Waals surface area contributed by atoms with Gasteiger partial charge in [-0.15, -0.1) is 12.4 Å². The predicted octanol–water partition coefficient (Wildman–Crippen LogP) is 3.67. The number of ether oxygens (including phenoxy) is 2. The van der Waals surface area contributed by atoms with Crippen molar-refractivity contribution in [2.24, 2.45) is 41.1 Å². The van der Waals surface area contributed by atoms with Gasteiger partial charge < -0.3 is 36.7 Å². The fourth-order valence-electron chi connectivity index (χ4n) is 4.68. The Bertz CT molecular complexity index is 992. The minimum Gasteiger partial charge on any atom is -0.493 e. The van der Waals surface area contributed by atoms with E-state index in [9.17, 15) is 19.5 Å². The molecular formula is C32H57ClN4O6. The van der Waals surface area contributed by atoms with Crippen LogP contribution in [-0.4, -0.2) is 67.4 Å². The van der Waals surface area contributed by atoms with E-state index in [1.807, 2.05) is 47.6 Å². The van der Waals surface area contributed by atoms with E-state index < -0.39 is 29.5 Å². The molecule has 1 aromatic carbocycles. The van der Waals surface area contributed by atoms with E-state index in [1.165, 1.54) is 0 Å². The number of nitrogens with two attached hydrogens (primary N) is 2. The van der Waals surface area contributed by atoms with Gasteiger partial charge in [0.15, 0.2) is 0 Å². The second-order valence-electron chi connectivity index (χ2n) is 12.5. The maximum absolute atomic E-state index is 13.2. The third kappa shape index (κ3) is 13.0. The average Bonchev–Trinajstić information content (AvgIpc) is 2.92. The smallest absolute Gasteiger partial charge is 0.255 e. The highest BCUT2D eigenvalue weighted by Crippen LogP contribution is 2.25. The van der Waals surface area contributed by atoms with Crippen molar-refractivity contribution < 1.29 is 29.0 Å². The van der Waals surface area contributed by atoms with Crippen LogP contribution in [0.1, 0.15) is 84.5 Å². The number of unbranched alkanes of at least 4 members (excludes halogenated alkanes) is 1. The number of primary amides is 1. The van der Waals surface area contributed by atoms with Crippen molar-refractivity contribution in [1.82, 2.24) is 10.6 Å². The van der Waals surface area contributed by atoms with Crippen molar-refractivity contribution in [3.8, 4) is 5.75 Å². The Morgan fingerprint density at radius 2 is 1.58 bits per heavy atom. The summed E-state index contributed by atoms with van der Waals surface area (Å²) >= 11 is 0. The molecule has 0 saturated carbocycles. The maximum atomic E-state index is 13.2. The molecule has 3 amide bonds. The van der Waals surface area contributed by atoms with E-state index in [1.54, 1.807) is 32.2 Å². The van der Waals surface area contributed by atoms with Crippen LogP contribution in [0.3, 0.4) is 0 Å². The van der Waals surface area contributed by atoms with E-state index in [2.05, 4.69) is 10.6 Å². The Morgan fingerprint density at radius 1 is 0.977 bits per heavy atom. The molecule has 0 heterocycles. The summed E-state index contributed by atoms with van der Waals surface area (Å²) in [6.45, 7) is 14.7. The number of aliphatic hydroxyl groups is 1. The maximum Gasteiger partial charge on any atom is 0.255 e. The number of carbonyl (C=O) groups is 3. The molecule has 5 atom stereocenters. The van der Waals surface area contributed by atoms with Gasteiger partial charge in [0, 0.05) is 32.2 Å². The first-order valence-electron chi connectivity index (χ1n) is 15.2. The summed E-state index contributed by atoms with van der Waals surface area (Å²) < 4.78 is 10.9. The van der Waals surface area contributed by atoms with Crippen LogP contribution in [0.15, 0.2) is 24.3 Å². The zero-order valence-electron chi connectivity index (χ0n) is 27.4. The van der Waals surface area contributed by atoms with Gasteiger partial charge in [-0.25, -0.2) is 0 Å². The third-order valence-electron chi connectivity index (χ3n) is 8.36. The first-order valence-corrected chi connectivity index (χ1v) is 15.2. The first-order chi connectivity index (χ1) is 19.6. The Hall–Kier alpha value is -2.40. The van der Waals surface area contributed by atoms with Crippen LogP contribution in [0.2, 0.25) is 0 Å². The molecule has 0 spiro atoms. The second-order valence-corrected chi connectivity index (χ2v) is 12.5. The quantitative estimate of drug-likeness (QED) is 0.137. The summed E-state index contributed by atoms with van der Waals surface area (Å²) in [5.41, 5.74) is 11.3. The molecule has 7 N–H and O–H groups in total. The highest BCUT2D eigenvalue weighted by atomic mass is 35.5. The van der Waals surface area contributed by atoms with Gasteiger partial charge in [-0.2, -0.15) is 0 Å².